The lowest BCUT2D eigenvalue weighted by Crippen LogP contribution is -3.11. The number of halogens is 1. The van der Waals surface area contributed by atoms with Gasteiger partial charge in [-0.05, 0) is 18.4 Å². The van der Waals surface area contributed by atoms with Gasteiger partial charge in [-0.25, -0.2) is 0 Å². The number of hydrogen-bond donors (Lipinski definition) is 1. The van der Waals surface area contributed by atoms with Crippen LogP contribution in [-0.4, -0.2) is 17.6 Å². The molecule has 26 heavy (non-hydrogen) atoms. The van der Waals surface area contributed by atoms with Gasteiger partial charge in [0.2, 0.25) is 0 Å². The molecular weight excluding hydrogens is 431 g/mol. The highest BCUT2D eigenvalue weighted by Gasteiger charge is 2.25. The molecule has 1 aromatic carbocycles. The van der Waals surface area contributed by atoms with Gasteiger partial charge in [-0.3, -0.25) is 4.90 Å². The summed E-state index contributed by atoms with van der Waals surface area (Å²) in [6.45, 7) is 6.95. The Hall–Kier alpha value is -0.550. The first kappa shape index (κ1) is 23.5. The minimum absolute atomic E-state index is 0. The third kappa shape index (κ3) is 8.90. The predicted molar refractivity (Wildman–Crippen MR) is 108 cm³/mol. The Labute approximate surface area is 179 Å². The van der Waals surface area contributed by atoms with Crippen molar-refractivity contribution in [2.45, 2.75) is 90.8 Å². The van der Waals surface area contributed by atoms with E-state index in [2.05, 4.69) is 61.5 Å². The summed E-state index contributed by atoms with van der Waals surface area (Å²) in [6, 6.07) is 10.8. The van der Waals surface area contributed by atoms with Crippen LogP contribution in [-0.2, 0) is 6.54 Å². The first-order valence-corrected chi connectivity index (χ1v) is 10.6. The SMILES string of the molecule is CCCCCCCCCCCC[NH+]1C=CN(Cc2ccccc2)C1C.[I-]. The minimum atomic E-state index is 0. The maximum atomic E-state index is 2.47. The van der Waals surface area contributed by atoms with Crippen LogP contribution in [0.1, 0.15) is 83.6 Å². The number of quaternary nitrogens is 1. The molecule has 2 rings (SSSR count). The van der Waals surface area contributed by atoms with Crippen LogP contribution < -0.4 is 28.9 Å². The number of benzene rings is 1. The molecule has 1 N–H and O–H groups in total. The number of nitrogens with zero attached hydrogens (tertiary/aromatic N) is 1. The van der Waals surface area contributed by atoms with Gasteiger partial charge in [0, 0.05) is 13.5 Å². The van der Waals surface area contributed by atoms with Gasteiger partial charge in [0.25, 0.3) is 0 Å². The average molecular weight is 470 g/mol. The highest BCUT2D eigenvalue weighted by atomic mass is 127. The van der Waals surface area contributed by atoms with Gasteiger partial charge < -0.3 is 28.9 Å². The highest BCUT2D eigenvalue weighted by Crippen LogP contribution is 2.11. The van der Waals surface area contributed by atoms with Crippen molar-refractivity contribution in [1.82, 2.24) is 4.90 Å². The van der Waals surface area contributed by atoms with Crippen molar-refractivity contribution in [1.29, 1.82) is 0 Å². The second kappa shape index (κ2) is 14.5. The van der Waals surface area contributed by atoms with Gasteiger partial charge in [0.15, 0.2) is 6.17 Å². The lowest BCUT2D eigenvalue weighted by atomic mass is 10.1. The predicted octanol–water partition coefficient (Wildman–Crippen LogP) is 2.13. The van der Waals surface area contributed by atoms with Crippen molar-refractivity contribution in [3.05, 3.63) is 48.3 Å². The summed E-state index contributed by atoms with van der Waals surface area (Å²) >= 11 is 0. The van der Waals surface area contributed by atoms with E-state index in [1.807, 2.05) is 0 Å². The van der Waals surface area contributed by atoms with E-state index < -0.39 is 0 Å². The van der Waals surface area contributed by atoms with E-state index in [9.17, 15) is 0 Å². The third-order valence-electron chi connectivity index (χ3n) is 5.54. The number of rotatable bonds is 13. The lowest BCUT2D eigenvalue weighted by Gasteiger charge is -2.25. The molecule has 0 spiro atoms. The van der Waals surface area contributed by atoms with E-state index in [1.54, 1.807) is 4.90 Å². The second-order valence-corrected chi connectivity index (χ2v) is 7.66. The van der Waals surface area contributed by atoms with Gasteiger partial charge in [-0.1, -0.05) is 88.6 Å². The van der Waals surface area contributed by atoms with E-state index in [0.717, 1.165) is 6.54 Å². The Balaban J connectivity index is 0.00000338. The number of hydrogen-bond acceptors (Lipinski definition) is 1. The molecule has 0 aromatic heterocycles. The number of unbranched alkanes of at least 4 members (excludes halogenated alkanes) is 9. The summed E-state index contributed by atoms with van der Waals surface area (Å²) in [5.74, 6) is 0. The molecule has 1 aromatic rings. The van der Waals surface area contributed by atoms with Crippen molar-refractivity contribution >= 4 is 0 Å². The fourth-order valence-electron chi connectivity index (χ4n) is 3.77. The van der Waals surface area contributed by atoms with E-state index in [4.69, 9.17) is 0 Å². The van der Waals surface area contributed by atoms with Gasteiger partial charge in [0.05, 0.1) is 12.7 Å². The van der Waals surface area contributed by atoms with Crippen LogP contribution in [0.2, 0.25) is 0 Å². The summed E-state index contributed by atoms with van der Waals surface area (Å²) in [4.78, 5) is 4.09. The largest absolute Gasteiger partial charge is 1.00 e. The van der Waals surface area contributed by atoms with Crippen LogP contribution in [0.15, 0.2) is 42.7 Å². The van der Waals surface area contributed by atoms with E-state index >= 15 is 0 Å². The monoisotopic (exact) mass is 470 g/mol. The average Bonchev–Trinajstić information content (AvgIpc) is 2.97. The fourth-order valence-corrected chi connectivity index (χ4v) is 3.77. The Morgan fingerprint density at radius 3 is 2.04 bits per heavy atom. The van der Waals surface area contributed by atoms with Crippen molar-refractivity contribution in [2.24, 2.45) is 0 Å². The molecule has 0 bridgehead atoms. The molecule has 0 saturated heterocycles. The molecular formula is C23H39IN2. The van der Waals surface area contributed by atoms with Gasteiger partial charge >= 0.3 is 0 Å². The Morgan fingerprint density at radius 1 is 0.846 bits per heavy atom. The molecule has 2 nitrogen and oxygen atoms in total. The van der Waals surface area contributed by atoms with Crippen LogP contribution in [0.3, 0.4) is 0 Å². The molecule has 1 aliphatic rings. The van der Waals surface area contributed by atoms with E-state index in [-0.39, 0.29) is 24.0 Å². The van der Waals surface area contributed by atoms with Crippen LogP contribution >= 0.6 is 0 Å². The molecule has 3 heteroatoms. The van der Waals surface area contributed by atoms with E-state index in [1.165, 1.54) is 76.3 Å². The molecule has 148 valence electrons. The summed E-state index contributed by atoms with van der Waals surface area (Å²) in [5, 5.41) is 0. The maximum Gasteiger partial charge on any atom is 0.164 e. The van der Waals surface area contributed by atoms with Gasteiger partial charge in [0.1, 0.15) is 6.20 Å². The van der Waals surface area contributed by atoms with Crippen molar-refractivity contribution in [2.75, 3.05) is 6.54 Å². The first-order valence-electron chi connectivity index (χ1n) is 10.6. The Bertz CT molecular complexity index is 474. The summed E-state index contributed by atoms with van der Waals surface area (Å²) in [6.07, 6.45) is 19.4. The molecule has 0 amide bonds. The van der Waals surface area contributed by atoms with E-state index in [0.29, 0.717) is 6.17 Å². The first-order chi connectivity index (χ1) is 12.3. The molecule has 0 saturated carbocycles. The standard InChI is InChI=1S/C23H38N2.HI/c1-3-4-5-6-7-8-9-10-11-15-18-24-19-20-25(22(24)2)21-23-16-13-12-14-17-23;/h12-14,16-17,19-20,22H,3-11,15,18,21H2,1-2H3;1H. The van der Waals surface area contributed by atoms with Crippen LogP contribution in [0.25, 0.3) is 0 Å². The topological polar surface area (TPSA) is 7.68 Å². The molecule has 0 aliphatic carbocycles. The summed E-state index contributed by atoms with van der Waals surface area (Å²) < 4.78 is 0. The van der Waals surface area contributed by atoms with Crippen molar-refractivity contribution in [3.8, 4) is 0 Å². The Kier molecular flexibility index (Phi) is 13.1. The van der Waals surface area contributed by atoms with Gasteiger partial charge in [-0.2, -0.15) is 0 Å². The second-order valence-electron chi connectivity index (χ2n) is 7.66. The zero-order chi connectivity index (χ0) is 17.7. The van der Waals surface area contributed by atoms with Gasteiger partial charge in [-0.15, -0.1) is 0 Å². The smallest absolute Gasteiger partial charge is 0.164 e. The lowest BCUT2D eigenvalue weighted by molar-refractivity contribution is -0.876. The summed E-state index contributed by atoms with van der Waals surface area (Å²) in [7, 11) is 0. The molecule has 0 radical (unpaired) electrons. The van der Waals surface area contributed by atoms with Crippen molar-refractivity contribution < 1.29 is 28.9 Å². The maximum absolute atomic E-state index is 2.47. The molecule has 1 aliphatic heterocycles. The molecule has 2 atom stereocenters. The quantitative estimate of drug-likeness (QED) is 0.343. The van der Waals surface area contributed by atoms with Crippen molar-refractivity contribution in [3.63, 3.8) is 0 Å². The fraction of sp³-hybridized carbons (Fsp3) is 0.652. The number of nitrogens with one attached hydrogen (secondary N) is 1. The normalized spacial score (nSPS) is 18.9. The van der Waals surface area contributed by atoms with Crippen LogP contribution in [0.4, 0.5) is 0 Å². The summed E-state index contributed by atoms with van der Waals surface area (Å²) in [5.41, 5.74) is 1.40. The third-order valence-corrected chi connectivity index (χ3v) is 5.54. The van der Waals surface area contributed by atoms with Crippen LogP contribution in [0.5, 0.6) is 0 Å². The molecule has 2 unspecified atom stereocenters. The Morgan fingerprint density at radius 2 is 1.42 bits per heavy atom. The molecule has 0 fully saturated rings. The van der Waals surface area contributed by atoms with Crippen LogP contribution in [0, 0.1) is 0 Å². The zero-order valence-corrected chi connectivity index (χ0v) is 19.1. The molecule has 1 heterocycles. The zero-order valence-electron chi connectivity index (χ0n) is 16.9. The highest BCUT2D eigenvalue weighted by molar-refractivity contribution is 5.15. The minimum Gasteiger partial charge on any atom is -1.00 e.